The summed E-state index contributed by atoms with van der Waals surface area (Å²) >= 11 is 7.37. The number of hydrogen-bond acceptors (Lipinski definition) is 5. The molecule has 3 N–H and O–H groups in total. The summed E-state index contributed by atoms with van der Waals surface area (Å²) in [6, 6.07) is 10.6. The Morgan fingerprint density at radius 3 is 2.88 bits per heavy atom. The highest BCUT2D eigenvalue weighted by molar-refractivity contribution is 8.05. The van der Waals surface area contributed by atoms with Crippen molar-refractivity contribution >= 4 is 41.0 Å². The van der Waals surface area contributed by atoms with Gasteiger partial charge in [0.1, 0.15) is 0 Å². The molecule has 26 heavy (non-hydrogen) atoms. The first-order valence-electron chi connectivity index (χ1n) is 8.14. The lowest BCUT2D eigenvalue weighted by molar-refractivity contribution is -0.116. The van der Waals surface area contributed by atoms with Crippen molar-refractivity contribution in [2.45, 2.75) is 19.3 Å². The molecule has 1 heterocycles. The van der Waals surface area contributed by atoms with E-state index >= 15 is 0 Å². The number of hydrogen-bond donors (Lipinski definition) is 3. The fourth-order valence-corrected chi connectivity index (χ4v) is 3.74. The molecule has 1 saturated heterocycles. The van der Waals surface area contributed by atoms with Crippen LogP contribution in [0.15, 0.2) is 41.3 Å². The van der Waals surface area contributed by atoms with Gasteiger partial charge < -0.3 is 20.5 Å². The van der Waals surface area contributed by atoms with Gasteiger partial charge in [-0.2, -0.15) is 0 Å². The number of benzene rings is 2. The van der Waals surface area contributed by atoms with Crippen LogP contribution in [0.3, 0.4) is 0 Å². The van der Waals surface area contributed by atoms with E-state index in [2.05, 4.69) is 10.6 Å². The zero-order valence-electron chi connectivity index (χ0n) is 14.4. The van der Waals surface area contributed by atoms with E-state index in [-0.39, 0.29) is 17.2 Å². The molecule has 1 aliphatic rings. The number of rotatable bonds is 5. The summed E-state index contributed by atoms with van der Waals surface area (Å²) in [5.41, 5.74) is 2.44. The van der Waals surface area contributed by atoms with Gasteiger partial charge in [0.25, 0.3) is 5.91 Å². The number of thioether (sulfide) groups is 1. The van der Waals surface area contributed by atoms with Gasteiger partial charge in [-0.25, -0.2) is 0 Å². The molecule has 0 saturated carbocycles. The summed E-state index contributed by atoms with van der Waals surface area (Å²) in [6.07, 6.45) is 1.78. The Morgan fingerprint density at radius 1 is 1.35 bits per heavy atom. The first-order chi connectivity index (χ1) is 12.5. The van der Waals surface area contributed by atoms with Crippen LogP contribution in [-0.2, 0) is 4.79 Å². The number of phenols is 1. The largest absolute Gasteiger partial charge is 0.504 e. The Labute approximate surface area is 161 Å². The van der Waals surface area contributed by atoms with Crippen LogP contribution >= 0.6 is 23.4 Å². The zero-order valence-corrected chi connectivity index (χ0v) is 15.9. The number of aryl methyl sites for hydroxylation is 1. The van der Waals surface area contributed by atoms with Crippen molar-refractivity contribution in [2.75, 3.05) is 11.9 Å². The predicted molar refractivity (Wildman–Crippen MR) is 107 cm³/mol. The van der Waals surface area contributed by atoms with E-state index in [1.54, 1.807) is 30.3 Å². The normalized spacial score (nSPS) is 18.0. The Morgan fingerprint density at radius 2 is 2.15 bits per heavy atom. The molecule has 5 nitrogen and oxygen atoms in total. The first kappa shape index (κ1) is 18.5. The van der Waals surface area contributed by atoms with Crippen molar-refractivity contribution in [1.29, 1.82) is 0 Å². The Balaban J connectivity index is 1.75. The van der Waals surface area contributed by atoms with E-state index in [0.717, 1.165) is 16.8 Å². The minimum Gasteiger partial charge on any atom is -0.504 e. The molecule has 3 rings (SSSR count). The van der Waals surface area contributed by atoms with Gasteiger partial charge in [0.15, 0.2) is 17.0 Å². The summed E-state index contributed by atoms with van der Waals surface area (Å²) in [5.74, 6) is 0.331. The molecule has 0 aliphatic carbocycles. The monoisotopic (exact) mass is 390 g/mol. The van der Waals surface area contributed by atoms with Crippen LogP contribution in [0.2, 0.25) is 5.02 Å². The number of carbonyl (C=O) groups excluding carboxylic acids is 1. The van der Waals surface area contributed by atoms with Crippen molar-refractivity contribution in [3.63, 3.8) is 0 Å². The fourth-order valence-electron chi connectivity index (χ4n) is 2.54. The summed E-state index contributed by atoms with van der Waals surface area (Å²) in [4.78, 5) is 12.8. The van der Waals surface area contributed by atoms with Crippen molar-refractivity contribution in [2.24, 2.45) is 0 Å². The number of phenolic OH excluding ortho intramolecular Hbond substituents is 1. The Hall–Kier alpha value is -2.31. The number of halogens is 1. The number of amides is 1. The van der Waals surface area contributed by atoms with E-state index in [9.17, 15) is 9.90 Å². The second-order valence-electron chi connectivity index (χ2n) is 5.74. The van der Waals surface area contributed by atoms with Crippen LogP contribution in [0, 0.1) is 6.92 Å². The highest BCUT2D eigenvalue weighted by atomic mass is 35.5. The predicted octanol–water partition coefficient (Wildman–Crippen LogP) is 4.35. The van der Waals surface area contributed by atoms with Gasteiger partial charge in [-0.1, -0.05) is 29.4 Å². The molecule has 7 heteroatoms. The van der Waals surface area contributed by atoms with Gasteiger partial charge in [-0.15, -0.1) is 0 Å². The van der Waals surface area contributed by atoms with Gasteiger partial charge in [0.2, 0.25) is 0 Å². The second kappa shape index (κ2) is 7.93. The van der Waals surface area contributed by atoms with Crippen molar-refractivity contribution < 1.29 is 14.6 Å². The maximum atomic E-state index is 12.3. The SMILES string of the molecule is CCOc1cc(/C=C2\SC(Nc3ccc(Cl)cc3C)NC2=O)ccc1O. The molecule has 0 bridgehead atoms. The quantitative estimate of drug-likeness (QED) is 0.662. The van der Waals surface area contributed by atoms with Crippen LogP contribution in [0.5, 0.6) is 11.5 Å². The van der Waals surface area contributed by atoms with Gasteiger partial charge in [-0.05, 0) is 61.4 Å². The summed E-state index contributed by atoms with van der Waals surface area (Å²) < 4.78 is 5.38. The average Bonchev–Trinajstić information content (AvgIpc) is 2.93. The lowest BCUT2D eigenvalue weighted by atomic mass is 10.2. The van der Waals surface area contributed by atoms with Crippen LogP contribution in [0.1, 0.15) is 18.1 Å². The number of anilines is 1. The van der Waals surface area contributed by atoms with E-state index in [1.807, 2.05) is 26.0 Å². The number of ether oxygens (including phenoxy) is 1. The number of carbonyl (C=O) groups is 1. The van der Waals surface area contributed by atoms with Crippen LogP contribution in [-0.4, -0.2) is 23.1 Å². The van der Waals surface area contributed by atoms with Crippen molar-refractivity contribution in [3.8, 4) is 11.5 Å². The average molecular weight is 391 g/mol. The molecule has 1 fully saturated rings. The molecule has 1 unspecified atom stereocenters. The van der Waals surface area contributed by atoms with Gasteiger partial charge >= 0.3 is 0 Å². The zero-order chi connectivity index (χ0) is 18.7. The maximum absolute atomic E-state index is 12.3. The van der Waals surface area contributed by atoms with Crippen LogP contribution in [0.4, 0.5) is 5.69 Å². The molecule has 1 atom stereocenters. The first-order valence-corrected chi connectivity index (χ1v) is 9.39. The van der Waals surface area contributed by atoms with Crippen molar-refractivity contribution in [1.82, 2.24) is 5.32 Å². The van der Waals surface area contributed by atoms with E-state index in [0.29, 0.717) is 22.3 Å². The molecule has 2 aromatic rings. The van der Waals surface area contributed by atoms with Gasteiger partial charge in [-0.3, -0.25) is 4.79 Å². The minimum atomic E-state index is -0.267. The summed E-state index contributed by atoms with van der Waals surface area (Å²) in [7, 11) is 0. The third-order valence-corrected chi connectivity index (χ3v) is 5.05. The highest BCUT2D eigenvalue weighted by Crippen LogP contribution is 2.33. The standard InChI is InChI=1S/C19H19ClN2O3S/c1-3-25-16-9-12(4-7-15(16)23)10-17-18(24)22-19(26-17)21-14-6-5-13(20)8-11(14)2/h4-10,19,21,23H,3H2,1-2H3,(H,22,24)/b17-10-. The molecule has 136 valence electrons. The third kappa shape index (κ3) is 4.26. The number of aromatic hydroxyl groups is 1. The molecule has 0 spiro atoms. The highest BCUT2D eigenvalue weighted by Gasteiger charge is 2.27. The van der Waals surface area contributed by atoms with E-state index in [1.165, 1.54) is 11.8 Å². The molecule has 1 amide bonds. The molecule has 2 aromatic carbocycles. The fraction of sp³-hybridized carbons (Fsp3) is 0.211. The lowest BCUT2D eigenvalue weighted by Gasteiger charge is -2.15. The summed E-state index contributed by atoms with van der Waals surface area (Å²) in [5, 5.41) is 16.6. The minimum absolute atomic E-state index is 0.0790. The summed E-state index contributed by atoms with van der Waals surface area (Å²) in [6.45, 7) is 4.26. The smallest absolute Gasteiger partial charge is 0.260 e. The Bertz CT molecular complexity index is 870. The topological polar surface area (TPSA) is 70.6 Å². The molecule has 1 aliphatic heterocycles. The van der Waals surface area contributed by atoms with E-state index < -0.39 is 0 Å². The van der Waals surface area contributed by atoms with Gasteiger partial charge in [0.05, 0.1) is 11.5 Å². The molecule has 0 radical (unpaired) electrons. The maximum Gasteiger partial charge on any atom is 0.260 e. The van der Waals surface area contributed by atoms with E-state index in [4.69, 9.17) is 16.3 Å². The molecule has 0 aromatic heterocycles. The lowest BCUT2D eigenvalue weighted by Crippen LogP contribution is -2.31. The molecular formula is C19H19ClN2O3S. The van der Waals surface area contributed by atoms with Crippen LogP contribution < -0.4 is 15.4 Å². The van der Waals surface area contributed by atoms with Crippen LogP contribution in [0.25, 0.3) is 6.08 Å². The third-order valence-electron chi connectivity index (χ3n) is 3.79. The number of nitrogens with one attached hydrogen (secondary N) is 2. The van der Waals surface area contributed by atoms with Gasteiger partial charge in [0, 0.05) is 10.7 Å². The Kier molecular flexibility index (Phi) is 5.64. The van der Waals surface area contributed by atoms with Crippen molar-refractivity contribution in [3.05, 3.63) is 57.5 Å². The second-order valence-corrected chi connectivity index (χ2v) is 7.33. The molecular weight excluding hydrogens is 372 g/mol.